The molecule has 0 amide bonds. The minimum absolute atomic E-state index is 0.0352. The summed E-state index contributed by atoms with van der Waals surface area (Å²) in [7, 11) is 0.0106. The number of furan rings is 1. The van der Waals surface area contributed by atoms with E-state index in [9.17, 15) is 8.42 Å². The summed E-state index contributed by atoms with van der Waals surface area (Å²) >= 11 is 7.46. The Balaban J connectivity index is 1.90. The standard InChI is InChI=1S/C15H15ClN4O3S2/c1-18(2)5-3-10-9-20(11-4-7-23-12(10)11)25(21,22)14-13(16)17-15-19(14)6-8-24-15/h4,6-9H,3,5H2,1-2H3. The van der Waals surface area contributed by atoms with Gasteiger partial charge in [0.15, 0.2) is 15.7 Å². The lowest BCUT2D eigenvalue weighted by Gasteiger charge is -2.08. The number of aromatic nitrogens is 3. The van der Waals surface area contributed by atoms with E-state index >= 15 is 0 Å². The fraction of sp³-hybridized carbons (Fsp3) is 0.267. The first-order valence-corrected chi connectivity index (χ1v) is 10.2. The second-order valence-electron chi connectivity index (χ2n) is 5.91. The number of likely N-dealkylation sites (N-methyl/N-ethyl adjacent to an activating group) is 1. The molecule has 0 aliphatic heterocycles. The van der Waals surface area contributed by atoms with Gasteiger partial charge in [-0.05, 0) is 20.5 Å². The van der Waals surface area contributed by atoms with Crippen LogP contribution in [0.5, 0.6) is 0 Å². The average molecular weight is 399 g/mol. The molecular weight excluding hydrogens is 384 g/mol. The molecule has 0 aromatic carbocycles. The molecule has 0 saturated heterocycles. The fourth-order valence-electron chi connectivity index (χ4n) is 2.77. The minimum Gasteiger partial charge on any atom is -0.462 e. The summed E-state index contributed by atoms with van der Waals surface area (Å²) in [5, 5.41) is 1.69. The van der Waals surface area contributed by atoms with Gasteiger partial charge >= 0.3 is 0 Å². The molecule has 0 atom stereocenters. The summed E-state index contributed by atoms with van der Waals surface area (Å²) in [6.45, 7) is 0.780. The summed E-state index contributed by atoms with van der Waals surface area (Å²) in [5.74, 6) is 0. The fourth-order valence-corrected chi connectivity index (χ4v) is 5.56. The monoisotopic (exact) mass is 398 g/mol. The molecule has 0 saturated carbocycles. The van der Waals surface area contributed by atoms with Crippen molar-refractivity contribution in [3.8, 4) is 0 Å². The molecule has 132 valence electrons. The first kappa shape index (κ1) is 16.6. The van der Waals surface area contributed by atoms with Crippen LogP contribution in [0.25, 0.3) is 16.1 Å². The number of halogens is 1. The number of imidazole rings is 1. The quantitative estimate of drug-likeness (QED) is 0.516. The molecule has 0 bridgehead atoms. The first-order chi connectivity index (χ1) is 11.9. The third kappa shape index (κ3) is 2.58. The van der Waals surface area contributed by atoms with E-state index in [2.05, 4.69) is 4.98 Å². The summed E-state index contributed by atoms with van der Waals surface area (Å²) in [6, 6.07) is 1.64. The van der Waals surface area contributed by atoms with Crippen molar-refractivity contribution < 1.29 is 12.8 Å². The van der Waals surface area contributed by atoms with Crippen molar-refractivity contribution in [3.05, 3.63) is 40.8 Å². The highest BCUT2D eigenvalue weighted by Gasteiger charge is 2.29. The number of fused-ring (bicyclic) bond motifs is 2. The Hall–Kier alpha value is -1.81. The van der Waals surface area contributed by atoms with Crippen molar-refractivity contribution in [1.82, 2.24) is 18.3 Å². The van der Waals surface area contributed by atoms with Gasteiger partial charge in [0.2, 0.25) is 5.03 Å². The van der Waals surface area contributed by atoms with Crippen LogP contribution in [0.4, 0.5) is 0 Å². The molecule has 4 aromatic heterocycles. The molecule has 4 rings (SSSR count). The van der Waals surface area contributed by atoms with Crippen LogP contribution in [0, 0.1) is 0 Å². The van der Waals surface area contributed by atoms with Gasteiger partial charge < -0.3 is 9.32 Å². The van der Waals surface area contributed by atoms with E-state index in [0.717, 1.165) is 12.1 Å². The predicted molar refractivity (Wildman–Crippen MR) is 97.1 cm³/mol. The van der Waals surface area contributed by atoms with Crippen molar-refractivity contribution in [2.75, 3.05) is 20.6 Å². The normalized spacial score (nSPS) is 12.8. The summed E-state index contributed by atoms with van der Waals surface area (Å²) in [5.41, 5.74) is 1.90. The van der Waals surface area contributed by atoms with Crippen LogP contribution in [0.1, 0.15) is 5.56 Å². The van der Waals surface area contributed by atoms with Gasteiger partial charge in [-0.25, -0.2) is 8.96 Å². The first-order valence-electron chi connectivity index (χ1n) is 7.48. The van der Waals surface area contributed by atoms with Gasteiger partial charge in [0.25, 0.3) is 10.0 Å². The van der Waals surface area contributed by atoms with Gasteiger partial charge in [-0.1, -0.05) is 11.6 Å². The third-order valence-electron chi connectivity index (χ3n) is 3.96. The van der Waals surface area contributed by atoms with Crippen LogP contribution < -0.4 is 0 Å². The van der Waals surface area contributed by atoms with Crippen LogP contribution in [-0.2, 0) is 16.4 Å². The van der Waals surface area contributed by atoms with Crippen molar-refractivity contribution in [3.63, 3.8) is 0 Å². The highest BCUT2D eigenvalue weighted by molar-refractivity contribution is 7.90. The summed E-state index contributed by atoms with van der Waals surface area (Å²) in [6.07, 6.45) is 5.42. The zero-order valence-corrected chi connectivity index (χ0v) is 15.9. The summed E-state index contributed by atoms with van der Waals surface area (Å²) in [4.78, 5) is 6.69. The highest BCUT2D eigenvalue weighted by atomic mass is 35.5. The smallest absolute Gasteiger partial charge is 0.287 e. The van der Waals surface area contributed by atoms with Crippen LogP contribution >= 0.6 is 22.9 Å². The number of thiazole rings is 1. The number of hydrogen-bond donors (Lipinski definition) is 0. The topological polar surface area (TPSA) is 72.8 Å². The Bertz CT molecular complexity index is 1170. The lowest BCUT2D eigenvalue weighted by Crippen LogP contribution is -2.16. The largest absolute Gasteiger partial charge is 0.462 e. The Morgan fingerprint density at radius 2 is 2.20 bits per heavy atom. The predicted octanol–water partition coefficient (Wildman–Crippen LogP) is 2.94. The third-order valence-corrected chi connectivity index (χ3v) is 6.79. The number of rotatable bonds is 5. The van der Waals surface area contributed by atoms with Crippen LogP contribution in [0.3, 0.4) is 0 Å². The number of nitrogens with zero attached hydrogens (tertiary/aromatic N) is 4. The van der Waals surface area contributed by atoms with Gasteiger partial charge in [0, 0.05) is 35.9 Å². The molecule has 0 fully saturated rings. The molecular formula is C15H15ClN4O3S2. The second-order valence-corrected chi connectivity index (χ2v) is 8.87. The lowest BCUT2D eigenvalue weighted by molar-refractivity contribution is 0.413. The molecule has 4 aromatic rings. The van der Waals surface area contributed by atoms with E-state index in [4.69, 9.17) is 16.0 Å². The van der Waals surface area contributed by atoms with Gasteiger partial charge in [0.05, 0.1) is 6.26 Å². The second kappa shape index (κ2) is 5.87. The molecule has 4 heterocycles. The molecule has 7 nitrogen and oxygen atoms in total. The Morgan fingerprint density at radius 3 is 2.96 bits per heavy atom. The molecule has 0 unspecified atom stereocenters. The van der Waals surface area contributed by atoms with Crippen LogP contribution in [0.2, 0.25) is 5.15 Å². The highest BCUT2D eigenvalue weighted by Crippen LogP contribution is 2.31. The molecule has 0 aliphatic rings. The average Bonchev–Trinajstić information content (AvgIpc) is 3.23. The zero-order chi connectivity index (χ0) is 17.8. The molecule has 0 spiro atoms. The van der Waals surface area contributed by atoms with E-state index in [1.165, 1.54) is 26.0 Å². The van der Waals surface area contributed by atoms with E-state index < -0.39 is 10.0 Å². The van der Waals surface area contributed by atoms with Gasteiger partial charge in [-0.2, -0.15) is 8.42 Å². The van der Waals surface area contributed by atoms with E-state index in [-0.39, 0.29) is 10.2 Å². The van der Waals surface area contributed by atoms with Gasteiger partial charge in [0.1, 0.15) is 5.52 Å². The maximum Gasteiger partial charge on any atom is 0.287 e. The van der Waals surface area contributed by atoms with E-state index in [1.54, 1.807) is 23.8 Å². The van der Waals surface area contributed by atoms with Crippen LogP contribution in [0.15, 0.2) is 39.5 Å². The Morgan fingerprint density at radius 1 is 1.40 bits per heavy atom. The minimum atomic E-state index is -3.92. The Labute approximate surface area is 153 Å². The number of hydrogen-bond acceptors (Lipinski definition) is 6. The molecule has 0 radical (unpaired) electrons. The zero-order valence-electron chi connectivity index (χ0n) is 13.5. The summed E-state index contributed by atoms with van der Waals surface area (Å²) < 4.78 is 34.8. The van der Waals surface area contributed by atoms with E-state index in [0.29, 0.717) is 22.5 Å². The molecule has 25 heavy (non-hydrogen) atoms. The lowest BCUT2D eigenvalue weighted by atomic mass is 10.2. The van der Waals surface area contributed by atoms with Crippen molar-refractivity contribution in [1.29, 1.82) is 0 Å². The maximum atomic E-state index is 13.3. The SMILES string of the molecule is CN(C)CCc1cn(S(=O)(=O)c2c(Cl)nc3sccn23)c2ccoc12. The van der Waals surface area contributed by atoms with Crippen molar-refractivity contribution in [2.24, 2.45) is 0 Å². The Kier molecular flexibility index (Phi) is 3.91. The van der Waals surface area contributed by atoms with Crippen LogP contribution in [-0.4, -0.2) is 47.3 Å². The molecule has 0 aliphatic carbocycles. The molecule has 0 N–H and O–H groups in total. The van der Waals surface area contributed by atoms with E-state index in [1.807, 2.05) is 19.0 Å². The van der Waals surface area contributed by atoms with Gasteiger partial charge in [-0.15, -0.1) is 11.3 Å². The maximum absolute atomic E-state index is 13.3. The van der Waals surface area contributed by atoms with Gasteiger partial charge in [-0.3, -0.25) is 4.40 Å². The van der Waals surface area contributed by atoms with Crippen molar-refractivity contribution in [2.45, 2.75) is 11.4 Å². The van der Waals surface area contributed by atoms with Crippen molar-refractivity contribution >= 4 is 49.0 Å². The molecule has 10 heteroatoms.